The number of anilines is 2. The lowest BCUT2D eigenvalue weighted by atomic mass is 10.1. The number of aromatic nitrogens is 4. The number of amides is 1. The molecule has 0 atom stereocenters. The summed E-state index contributed by atoms with van der Waals surface area (Å²) in [5.74, 6) is 0.174. The van der Waals surface area contributed by atoms with E-state index in [4.69, 9.17) is 17.0 Å². The quantitative estimate of drug-likeness (QED) is 0.221. The van der Waals surface area contributed by atoms with Crippen molar-refractivity contribution in [3.05, 3.63) is 63.5 Å². The zero-order valence-corrected chi connectivity index (χ0v) is 21.6. The van der Waals surface area contributed by atoms with Crippen molar-refractivity contribution in [1.29, 1.82) is 0 Å². The number of nitrogens with one attached hydrogen (secondary N) is 2. The van der Waals surface area contributed by atoms with Gasteiger partial charge in [0.05, 0.1) is 18.1 Å². The summed E-state index contributed by atoms with van der Waals surface area (Å²) >= 11 is 6.77. The van der Waals surface area contributed by atoms with Gasteiger partial charge in [0.2, 0.25) is 4.96 Å². The number of benzene rings is 2. The molecule has 14 heteroatoms. The first-order valence-electron chi connectivity index (χ1n) is 11.3. The Morgan fingerprint density at radius 3 is 2.65 bits per heavy atom. The number of morpholine rings is 1. The summed E-state index contributed by atoms with van der Waals surface area (Å²) in [6.45, 7) is 5.84. The van der Waals surface area contributed by atoms with Crippen molar-refractivity contribution in [3.63, 3.8) is 0 Å². The first-order chi connectivity index (χ1) is 17.8. The van der Waals surface area contributed by atoms with Crippen LogP contribution in [0.15, 0.2) is 36.4 Å². The Kier molecular flexibility index (Phi) is 6.78. The maximum absolute atomic E-state index is 12.8. The Morgan fingerprint density at radius 1 is 1.16 bits per heavy atom. The van der Waals surface area contributed by atoms with Crippen LogP contribution in [-0.2, 0) is 4.74 Å². The van der Waals surface area contributed by atoms with Gasteiger partial charge in [-0.05, 0) is 62.0 Å². The van der Waals surface area contributed by atoms with Crippen molar-refractivity contribution >= 4 is 56.6 Å². The minimum absolute atomic E-state index is 0.0789. The molecule has 190 valence electrons. The van der Waals surface area contributed by atoms with Gasteiger partial charge in [-0.3, -0.25) is 20.2 Å². The van der Waals surface area contributed by atoms with Crippen LogP contribution in [0.5, 0.6) is 0 Å². The van der Waals surface area contributed by atoms with Crippen molar-refractivity contribution in [1.82, 2.24) is 25.1 Å². The molecule has 12 nitrogen and oxygen atoms in total. The molecular formula is C23H22N8O4S2. The number of rotatable bonds is 5. The number of carbonyl (C=O) groups excluding carboxylic acids is 1. The molecule has 1 aliphatic rings. The van der Waals surface area contributed by atoms with Gasteiger partial charge in [0.15, 0.2) is 10.9 Å². The minimum atomic E-state index is -0.543. The lowest BCUT2D eigenvalue weighted by molar-refractivity contribution is -0.384. The number of nitrogens with zero attached hydrogens (tertiary/aromatic N) is 6. The van der Waals surface area contributed by atoms with Gasteiger partial charge in [-0.1, -0.05) is 11.3 Å². The molecular weight excluding hydrogens is 516 g/mol. The Balaban J connectivity index is 1.27. The van der Waals surface area contributed by atoms with E-state index in [-0.39, 0.29) is 16.4 Å². The minimum Gasteiger partial charge on any atom is -0.378 e. The molecule has 0 radical (unpaired) electrons. The molecule has 1 fully saturated rings. The summed E-state index contributed by atoms with van der Waals surface area (Å²) < 4.78 is 7.02. The molecule has 3 heterocycles. The molecule has 37 heavy (non-hydrogen) atoms. The number of nitro groups is 1. The highest BCUT2D eigenvalue weighted by molar-refractivity contribution is 7.80. The van der Waals surface area contributed by atoms with Gasteiger partial charge in [0.25, 0.3) is 11.6 Å². The van der Waals surface area contributed by atoms with Gasteiger partial charge in [-0.25, -0.2) is 0 Å². The third-order valence-electron chi connectivity index (χ3n) is 5.88. The fourth-order valence-corrected chi connectivity index (χ4v) is 5.06. The van der Waals surface area contributed by atoms with Crippen LogP contribution in [0, 0.1) is 24.0 Å². The number of nitro benzene ring substituents is 1. The maximum Gasteiger partial charge on any atom is 0.293 e. The monoisotopic (exact) mass is 538 g/mol. The Labute approximate surface area is 220 Å². The van der Waals surface area contributed by atoms with Crippen LogP contribution in [0.2, 0.25) is 0 Å². The summed E-state index contributed by atoms with van der Waals surface area (Å²) in [6.07, 6.45) is 0. The molecule has 2 aromatic heterocycles. The first-order valence-corrected chi connectivity index (χ1v) is 12.6. The summed E-state index contributed by atoms with van der Waals surface area (Å²) in [6, 6.07) is 10.1. The third kappa shape index (κ3) is 5.12. The van der Waals surface area contributed by atoms with E-state index in [1.165, 1.54) is 17.4 Å². The number of ether oxygens (including phenoxy) is 1. The first kappa shape index (κ1) is 24.7. The van der Waals surface area contributed by atoms with E-state index in [0.29, 0.717) is 37.7 Å². The van der Waals surface area contributed by atoms with Crippen molar-refractivity contribution in [2.24, 2.45) is 0 Å². The fraction of sp³-hybridized carbons (Fsp3) is 0.261. The molecule has 0 unspecified atom stereocenters. The molecule has 0 bridgehead atoms. The van der Waals surface area contributed by atoms with Crippen LogP contribution in [0.1, 0.15) is 21.7 Å². The van der Waals surface area contributed by atoms with Crippen molar-refractivity contribution in [2.75, 3.05) is 36.5 Å². The highest BCUT2D eigenvalue weighted by Crippen LogP contribution is 2.31. The topological polar surface area (TPSA) is 140 Å². The molecule has 5 rings (SSSR count). The molecule has 1 amide bonds. The summed E-state index contributed by atoms with van der Waals surface area (Å²) in [4.78, 5) is 26.6. The van der Waals surface area contributed by atoms with Gasteiger partial charge in [-0.2, -0.15) is 9.61 Å². The van der Waals surface area contributed by atoms with Crippen LogP contribution in [0.4, 0.5) is 17.1 Å². The van der Waals surface area contributed by atoms with E-state index in [2.05, 4.69) is 25.9 Å². The summed E-state index contributed by atoms with van der Waals surface area (Å²) in [7, 11) is 0. The maximum atomic E-state index is 12.8. The van der Waals surface area contributed by atoms with Gasteiger partial charge in [-0.15, -0.1) is 10.2 Å². The number of fused-ring (bicyclic) bond motifs is 1. The van der Waals surface area contributed by atoms with Gasteiger partial charge >= 0.3 is 0 Å². The van der Waals surface area contributed by atoms with Crippen molar-refractivity contribution in [3.8, 4) is 10.6 Å². The van der Waals surface area contributed by atoms with Crippen LogP contribution in [0.25, 0.3) is 15.5 Å². The van der Waals surface area contributed by atoms with Gasteiger partial charge in [0, 0.05) is 36.0 Å². The average Bonchev–Trinajstić information content (AvgIpc) is 3.47. The molecule has 0 saturated carbocycles. The van der Waals surface area contributed by atoms with Gasteiger partial charge < -0.3 is 15.0 Å². The normalized spacial score (nSPS) is 13.5. The second-order valence-corrected chi connectivity index (χ2v) is 9.71. The van der Waals surface area contributed by atoms with Gasteiger partial charge in [0.1, 0.15) is 10.7 Å². The number of hydrogen-bond donors (Lipinski definition) is 2. The summed E-state index contributed by atoms with van der Waals surface area (Å²) in [5.41, 5.74) is 2.98. The predicted octanol–water partition coefficient (Wildman–Crippen LogP) is 3.34. The second kappa shape index (κ2) is 10.2. The summed E-state index contributed by atoms with van der Waals surface area (Å²) in [5, 5.41) is 30.8. The van der Waals surface area contributed by atoms with E-state index in [1.807, 2.05) is 36.9 Å². The van der Waals surface area contributed by atoms with Crippen molar-refractivity contribution < 1.29 is 14.5 Å². The molecule has 1 saturated heterocycles. The second-order valence-electron chi connectivity index (χ2n) is 8.35. The van der Waals surface area contributed by atoms with E-state index in [1.54, 1.807) is 16.6 Å². The Bertz CT molecular complexity index is 1530. The van der Waals surface area contributed by atoms with Crippen molar-refractivity contribution in [2.45, 2.75) is 13.8 Å². The standard InChI is InChI=1S/C23H22N8O4S2/c1-13-11-16(21-28-30-14(2)26-27-23(30)37-21)3-5-17(13)24-22(36)25-20(32)15-4-6-18(19(12-15)31(33)34)29-7-9-35-10-8-29/h3-6,11-12H,7-10H2,1-2H3,(H2,24,25,32,36). The fourth-order valence-electron chi connectivity index (χ4n) is 3.98. The molecule has 1 aliphatic heterocycles. The zero-order chi connectivity index (χ0) is 26.1. The van der Waals surface area contributed by atoms with E-state index < -0.39 is 10.8 Å². The van der Waals surface area contributed by atoms with Crippen LogP contribution in [0.3, 0.4) is 0 Å². The highest BCUT2D eigenvalue weighted by Gasteiger charge is 2.23. The van der Waals surface area contributed by atoms with Crippen LogP contribution < -0.4 is 15.5 Å². The molecule has 0 spiro atoms. The average molecular weight is 539 g/mol. The molecule has 2 aromatic carbocycles. The molecule has 4 aromatic rings. The number of thiocarbonyl (C=S) groups is 1. The number of hydrogen-bond acceptors (Lipinski definition) is 10. The lowest BCUT2D eigenvalue weighted by Crippen LogP contribution is -2.37. The van der Waals surface area contributed by atoms with E-state index in [9.17, 15) is 14.9 Å². The Hall–Kier alpha value is -4.01. The van der Waals surface area contributed by atoms with Crippen LogP contribution >= 0.6 is 23.6 Å². The number of carbonyl (C=O) groups is 1. The third-order valence-corrected chi connectivity index (χ3v) is 7.03. The zero-order valence-electron chi connectivity index (χ0n) is 19.9. The smallest absolute Gasteiger partial charge is 0.293 e. The molecule has 0 aliphatic carbocycles. The van der Waals surface area contributed by atoms with E-state index >= 15 is 0 Å². The number of aryl methyl sites for hydroxylation is 2. The predicted molar refractivity (Wildman–Crippen MR) is 143 cm³/mol. The molecule has 2 N–H and O–H groups in total. The lowest BCUT2D eigenvalue weighted by Gasteiger charge is -2.28. The van der Waals surface area contributed by atoms with E-state index in [0.717, 1.165) is 26.9 Å². The highest BCUT2D eigenvalue weighted by atomic mass is 32.1. The largest absolute Gasteiger partial charge is 0.378 e. The van der Waals surface area contributed by atoms with Crippen LogP contribution in [-0.4, -0.2) is 62.1 Å². The Morgan fingerprint density at radius 2 is 1.95 bits per heavy atom. The SMILES string of the molecule is Cc1cc(-c2nn3c(C)nnc3s2)ccc1NC(=S)NC(=O)c1ccc(N2CCOCC2)c([N+](=O)[O-])c1.